The zero-order valence-corrected chi connectivity index (χ0v) is 49.4. The monoisotopic (exact) mass is 1220 g/mol. The predicted octanol–water partition coefficient (Wildman–Crippen LogP) is 19.4. The number of nitrogen functional groups attached to an aromatic ring is 4. The van der Waals surface area contributed by atoms with Crippen molar-refractivity contribution in [1.29, 1.82) is 0 Å². The molecule has 0 aliphatic rings. The van der Waals surface area contributed by atoms with Crippen LogP contribution in [0.15, 0.2) is 129 Å². The maximum absolute atomic E-state index is 7.06. The molecule has 0 amide bonds. The van der Waals surface area contributed by atoms with Gasteiger partial charge in [-0.15, -0.1) is 0 Å². The number of benzene rings is 8. The highest BCUT2D eigenvalue weighted by atomic mass is 35.5. The highest BCUT2D eigenvalue weighted by Crippen LogP contribution is 2.53. The van der Waals surface area contributed by atoms with Crippen molar-refractivity contribution in [2.75, 3.05) is 85.7 Å². The minimum atomic E-state index is 0.418. The second-order valence-electron chi connectivity index (χ2n) is 16.8. The minimum Gasteiger partial charge on any atom is -0.399 e. The Hall–Kier alpha value is -4.24. The lowest BCUT2D eigenvalue weighted by Gasteiger charge is -2.23. The Morgan fingerprint density at radius 2 is 0.662 bits per heavy atom. The summed E-state index contributed by atoms with van der Waals surface area (Å²) in [6, 6.07) is 33.0. The van der Waals surface area contributed by atoms with E-state index in [-0.39, 0.29) is 0 Å². The van der Waals surface area contributed by atoms with Gasteiger partial charge < -0.3 is 43.4 Å². The number of hydrogen-bond donors (Lipinski definition) is 6. The van der Waals surface area contributed by atoms with E-state index < -0.39 is 0 Å². The van der Waals surface area contributed by atoms with E-state index in [2.05, 4.69) is 10.6 Å². The molecule has 0 bridgehead atoms. The minimum absolute atomic E-state index is 0.418. The van der Waals surface area contributed by atoms with E-state index >= 15 is 0 Å². The van der Waals surface area contributed by atoms with Gasteiger partial charge in [0.05, 0.1) is 73.0 Å². The number of rotatable bonds is 12. The van der Waals surface area contributed by atoms with Crippen molar-refractivity contribution in [3.8, 4) is 44.5 Å². The maximum atomic E-state index is 7.06. The van der Waals surface area contributed by atoms with Crippen molar-refractivity contribution in [2.24, 2.45) is 0 Å². The fourth-order valence-electron chi connectivity index (χ4n) is 7.93. The lowest BCUT2D eigenvalue weighted by molar-refractivity contribution is 1.13. The van der Waals surface area contributed by atoms with Crippen LogP contribution in [0.25, 0.3) is 44.5 Å². The molecule has 8 rings (SSSR count). The number of halogens is 10. The Kier molecular flexibility index (Phi) is 18.9. The van der Waals surface area contributed by atoms with Crippen LogP contribution >= 0.6 is 140 Å². The molecule has 8 aromatic carbocycles. The summed E-state index contributed by atoms with van der Waals surface area (Å²) >= 11 is 70.2. The van der Waals surface area contributed by atoms with Gasteiger partial charge in [0.25, 0.3) is 0 Å². The molecule has 0 fully saturated rings. The molecule has 8 aromatic rings. The van der Waals surface area contributed by atoms with Gasteiger partial charge in [-0.2, -0.15) is 0 Å². The summed E-state index contributed by atoms with van der Waals surface area (Å²) in [5.74, 6) is 0. The molecule has 0 spiro atoms. The van der Waals surface area contributed by atoms with Crippen LogP contribution in [0.5, 0.6) is 0 Å². The largest absolute Gasteiger partial charge is 0.399 e. The Balaban J connectivity index is 0.000000216. The summed E-state index contributed by atoms with van der Waals surface area (Å²) in [4.78, 5) is 7.11. The highest BCUT2D eigenvalue weighted by Gasteiger charge is 2.24. The van der Waals surface area contributed by atoms with Crippen LogP contribution in [0.4, 0.5) is 45.5 Å². The summed E-state index contributed by atoms with van der Waals surface area (Å²) in [6.45, 7) is 0. The summed E-state index contributed by atoms with van der Waals surface area (Å²) in [6.07, 6.45) is 0. The highest BCUT2D eigenvalue weighted by molar-refractivity contribution is 7.99. The molecule has 20 heteroatoms. The van der Waals surface area contributed by atoms with Crippen molar-refractivity contribution in [2.45, 2.75) is 19.6 Å². The fourth-order valence-corrected chi connectivity index (χ4v) is 12.9. The second kappa shape index (κ2) is 24.4. The van der Waals surface area contributed by atoms with E-state index in [9.17, 15) is 0 Å². The van der Waals surface area contributed by atoms with Gasteiger partial charge in [0.2, 0.25) is 0 Å². The molecule has 0 saturated heterocycles. The van der Waals surface area contributed by atoms with Gasteiger partial charge in [0, 0.05) is 129 Å². The van der Waals surface area contributed by atoms with Gasteiger partial charge in [-0.05, 0) is 97.1 Å². The quantitative estimate of drug-likeness (QED) is 0.0657. The Morgan fingerprint density at radius 3 is 0.973 bits per heavy atom. The van der Waals surface area contributed by atoms with Crippen LogP contribution in [0.2, 0.25) is 50.2 Å². The topological polar surface area (TPSA) is 135 Å². The van der Waals surface area contributed by atoms with E-state index in [1.165, 1.54) is 23.5 Å². The van der Waals surface area contributed by atoms with Crippen LogP contribution in [0, 0.1) is 0 Å². The molecule has 0 aromatic heterocycles. The molecule has 0 aliphatic heterocycles. The molecule has 8 nitrogen and oxygen atoms in total. The van der Waals surface area contributed by atoms with Gasteiger partial charge >= 0.3 is 0 Å². The third-order valence-corrected chi connectivity index (χ3v) is 17.7. The van der Waals surface area contributed by atoms with Crippen molar-refractivity contribution in [3.63, 3.8) is 0 Å². The summed E-state index contributed by atoms with van der Waals surface area (Å²) in [5, 5.41) is 10.9. The summed E-state index contributed by atoms with van der Waals surface area (Å²) < 4.78 is 0. The second-order valence-corrected chi connectivity index (χ2v) is 22.9. The molecule has 74 heavy (non-hydrogen) atoms. The zero-order chi connectivity index (χ0) is 54.0. The molecular weight excluding hydrogens is 1180 g/mol. The lowest BCUT2D eigenvalue weighted by Crippen LogP contribution is -2.11. The normalized spacial score (nSPS) is 11.0. The van der Waals surface area contributed by atoms with Crippen molar-refractivity contribution in [3.05, 3.63) is 159 Å². The van der Waals surface area contributed by atoms with E-state index in [0.29, 0.717) is 107 Å². The fraction of sp³-hybridized carbons (Fsp3) is 0.111. The molecule has 0 unspecified atom stereocenters. The first-order valence-electron chi connectivity index (χ1n) is 22.0. The summed E-state index contributed by atoms with van der Waals surface area (Å²) in [7, 11) is 11.4. The zero-order valence-electron chi connectivity index (χ0n) is 40.2. The number of nitrogens with zero attached hydrogens (tertiary/aromatic N) is 2. The van der Waals surface area contributed by atoms with Gasteiger partial charge in [0.1, 0.15) is 0 Å². The van der Waals surface area contributed by atoms with Crippen LogP contribution in [-0.4, -0.2) is 42.3 Å². The molecule has 384 valence electrons. The number of hydrogen-bond acceptors (Lipinski definition) is 10. The average molecular weight is 1230 g/mol. The maximum Gasteiger partial charge on any atom is 0.0645 e. The Bertz CT molecular complexity index is 3240. The van der Waals surface area contributed by atoms with E-state index in [4.69, 9.17) is 139 Å². The molecule has 0 saturated carbocycles. The van der Waals surface area contributed by atoms with Gasteiger partial charge in [-0.25, -0.2) is 0 Å². The van der Waals surface area contributed by atoms with E-state index in [0.717, 1.165) is 53.2 Å². The van der Waals surface area contributed by atoms with Gasteiger partial charge in [0.15, 0.2) is 0 Å². The van der Waals surface area contributed by atoms with Gasteiger partial charge in [-0.1, -0.05) is 152 Å². The first-order valence-corrected chi connectivity index (χ1v) is 27.4. The molecule has 0 atom stereocenters. The molecule has 0 aliphatic carbocycles. The van der Waals surface area contributed by atoms with Crippen molar-refractivity contribution < 1.29 is 0 Å². The number of nitrogens with two attached hydrogens (primary N) is 4. The smallest absolute Gasteiger partial charge is 0.0645 e. The van der Waals surface area contributed by atoms with Crippen LogP contribution in [0.3, 0.4) is 0 Å². The van der Waals surface area contributed by atoms with Crippen LogP contribution in [0.1, 0.15) is 0 Å². The number of anilines is 8. The predicted molar refractivity (Wildman–Crippen MR) is 331 cm³/mol. The van der Waals surface area contributed by atoms with E-state index in [1.54, 1.807) is 50.5 Å². The van der Waals surface area contributed by atoms with Crippen molar-refractivity contribution >= 4 is 185 Å². The summed E-state index contributed by atoms with van der Waals surface area (Å²) in [5.41, 5.74) is 35.2. The molecule has 10 N–H and O–H groups in total. The van der Waals surface area contributed by atoms with Crippen molar-refractivity contribution in [1.82, 2.24) is 0 Å². The van der Waals surface area contributed by atoms with Crippen LogP contribution < -0.4 is 43.4 Å². The lowest BCUT2D eigenvalue weighted by atomic mass is 10.0. The number of nitrogens with one attached hydrogen (secondary N) is 2. The standard InChI is InChI=1S/C28H26Cl4N4S.C26H20Cl6N4S/c1-35(2)21-9-11-23(27(31)25(21)17-7-5-15(33)13-19(17)29)37-24-12-10-22(36(3)4)26(28(24)32)18-8-6-16(34)14-20(18)30;1-35-19-7-11(15(29)9-17(19)33)23-13(27)3-5-21(25(23)31)37-22-6-4-14(28)24(26(22)32)12-8-20(36-2)18(34)10-16(12)30/h5-14H,33-34H2,1-4H3;3-10,35-36H,33-34H2,1-2H3. The molecule has 0 heterocycles. The SMILES string of the molecule is CN(C)c1ccc(Sc2ccc(N(C)C)c(-c3ccc(N)cc3Cl)c2Cl)c(Cl)c1-c1ccc(N)cc1Cl.CNc1cc(-c2c(Cl)ccc(Sc3ccc(Cl)c(-c4cc(NC)c(N)cc4Cl)c3Cl)c2Cl)c(Cl)cc1N. The van der Waals surface area contributed by atoms with E-state index in [1.807, 2.05) is 111 Å². The Morgan fingerprint density at radius 1 is 0.351 bits per heavy atom. The van der Waals surface area contributed by atoms with Gasteiger partial charge in [-0.3, -0.25) is 0 Å². The molecular formula is C54H46Cl10N8S2. The van der Waals surface area contributed by atoms with Crippen LogP contribution in [-0.2, 0) is 0 Å². The average Bonchev–Trinajstić information content (AvgIpc) is 3.33. The Labute approximate surface area is 489 Å². The third-order valence-electron chi connectivity index (χ3n) is 11.6. The first-order chi connectivity index (χ1) is 35.1. The molecule has 0 radical (unpaired) electrons. The first kappa shape index (κ1) is 57.5. The third kappa shape index (κ3) is 12.1.